The number of hydrazine groups is 1. The van der Waals surface area contributed by atoms with Crippen LogP contribution in [0.1, 0.15) is 41.5 Å². The molecule has 0 heterocycles. The highest BCUT2D eigenvalue weighted by atomic mass is 16.5. The Bertz CT molecular complexity index is 156. The van der Waals surface area contributed by atoms with Crippen LogP contribution in [0.4, 0.5) is 0 Å². The molecule has 0 spiro atoms. The monoisotopic (exact) mass is 202 g/mol. The molecule has 0 aliphatic heterocycles. The van der Waals surface area contributed by atoms with Crippen LogP contribution in [0, 0.1) is 0 Å². The molecular weight excluding hydrogens is 176 g/mol. The lowest BCUT2D eigenvalue weighted by molar-refractivity contribution is -0.0331. The van der Waals surface area contributed by atoms with Gasteiger partial charge < -0.3 is 4.74 Å². The highest BCUT2D eigenvalue weighted by Gasteiger charge is 2.20. The summed E-state index contributed by atoms with van der Waals surface area (Å²) in [6.07, 6.45) is 0. The molecule has 0 saturated carbocycles. The molecule has 3 nitrogen and oxygen atoms in total. The van der Waals surface area contributed by atoms with Gasteiger partial charge in [0.05, 0.1) is 12.2 Å². The molecule has 0 aromatic carbocycles. The van der Waals surface area contributed by atoms with Crippen LogP contribution >= 0.6 is 0 Å². The van der Waals surface area contributed by atoms with Gasteiger partial charge in [0.15, 0.2) is 0 Å². The summed E-state index contributed by atoms with van der Waals surface area (Å²) in [6, 6.07) is 0. The quantitative estimate of drug-likeness (QED) is 0.706. The molecule has 0 fully saturated rings. The van der Waals surface area contributed by atoms with E-state index in [4.69, 9.17) is 4.74 Å². The zero-order chi connectivity index (χ0) is 11.4. The highest BCUT2D eigenvalue weighted by Crippen LogP contribution is 2.11. The average Bonchev–Trinajstić information content (AvgIpc) is 1.93. The van der Waals surface area contributed by atoms with E-state index in [0.29, 0.717) is 0 Å². The lowest BCUT2D eigenvalue weighted by atomic mass is 10.1. The van der Waals surface area contributed by atoms with Crippen LogP contribution in [0.3, 0.4) is 0 Å². The van der Waals surface area contributed by atoms with Crippen molar-refractivity contribution in [1.29, 1.82) is 0 Å². The first-order valence-corrected chi connectivity index (χ1v) is 5.26. The molecule has 0 unspecified atom stereocenters. The minimum Gasteiger partial charge on any atom is -0.374 e. The number of ether oxygens (including phenoxy) is 1. The first-order chi connectivity index (χ1) is 6.17. The summed E-state index contributed by atoms with van der Waals surface area (Å²) in [5, 5.41) is 2.18. The predicted octanol–water partition coefficient (Wildman–Crippen LogP) is 2.04. The molecule has 0 radical (unpaired) electrons. The Morgan fingerprint density at radius 2 is 1.57 bits per heavy atom. The Labute approximate surface area is 88.8 Å². The number of rotatable bonds is 4. The Balaban J connectivity index is 3.87. The van der Waals surface area contributed by atoms with Crippen LogP contribution in [0.5, 0.6) is 0 Å². The summed E-state index contributed by atoms with van der Waals surface area (Å²) >= 11 is 0. The van der Waals surface area contributed by atoms with E-state index in [1.165, 1.54) is 0 Å². The minimum atomic E-state index is -0.0443. The van der Waals surface area contributed by atoms with Crippen LogP contribution in [-0.4, -0.2) is 36.3 Å². The lowest BCUT2D eigenvalue weighted by Crippen LogP contribution is -2.50. The van der Waals surface area contributed by atoms with Crippen molar-refractivity contribution in [3.63, 3.8) is 0 Å². The second-order valence-electron chi connectivity index (χ2n) is 5.51. The number of nitrogens with zero attached hydrogens (tertiary/aromatic N) is 1. The standard InChI is InChI=1S/C11H26N2O/c1-10(2,3)13(12-7)8-9-14-11(4,5)6/h12H,8-9H2,1-7H3. The zero-order valence-corrected chi connectivity index (χ0v) is 10.8. The highest BCUT2D eigenvalue weighted by molar-refractivity contribution is 4.72. The molecule has 0 rings (SSSR count). The second-order valence-corrected chi connectivity index (χ2v) is 5.51. The first-order valence-electron chi connectivity index (χ1n) is 5.26. The minimum absolute atomic E-state index is 0.0443. The Morgan fingerprint density at radius 3 is 1.86 bits per heavy atom. The molecule has 0 amide bonds. The summed E-state index contributed by atoms with van der Waals surface area (Å²) in [4.78, 5) is 0. The van der Waals surface area contributed by atoms with Gasteiger partial charge in [0.1, 0.15) is 0 Å². The smallest absolute Gasteiger partial charge is 0.0614 e. The molecule has 0 saturated heterocycles. The molecule has 86 valence electrons. The summed E-state index contributed by atoms with van der Waals surface area (Å²) < 4.78 is 5.68. The molecule has 14 heavy (non-hydrogen) atoms. The number of nitrogens with one attached hydrogen (secondary N) is 1. The van der Waals surface area contributed by atoms with Gasteiger partial charge in [0.2, 0.25) is 0 Å². The molecule has 1 N–H and O–H groups in total. The fourth-order valence-electron chi connectivity index (χ4n) is 1.23. The van der Waals surface area contributed by atoms with Gasteiger partial charge in [-0.1, -0.05) is 0 Å². The van der Waals surface area contributed by atoms with Gasteiger partial charge in [0.25, 0.3) is 0 Å². The zero-order valence-electron chi connectivity index (χ0n) is 10.8. The van der Waals surface area contributed by atoms with Crippen LogP contribution in [0.15, 0.2) is 0 Å². The third-order valence-corrected chi connectivity index (χ3v) is 1.93. The van der Waals surface area contributed by atoms with Crippen molar-refractivity contribution in [2.45, 2.75) is 52.7 Å². The van der Waals surface area contributed by atoms with Crippen molar-refractivity contribution in [3.05, 3.63) is 0 Å². The summed E-state index contributed by atoms with van der Waals surface area (Å²) in [5.41, 5.74) is 3.27. The molecule has 0 aromatic heterocycles. The van der Waals surface area contributed by atoms with Gasteiger partial charge in [-0.25, -0.2) is 5.01 Å². The van der Waals surface area contributed by atoms with Crippen molar-refractivity contribution in [3.8, 4) is 0 Å². The summed E-state index contributed by atoms with van der Waals surface area (Å²) in [5.74, 6) is 0. The lowest BCUT2D eigenvalue weighted by Gasteiger charge is -2.35. The van der Waals surface area contributed by atoms with Crippen molar-refractivity contribution in [2.75, 3.05) is 20.2 Å². The van der Waals surface area contributed by atoms with Crippen molar-refractivity contribution < 1.29 is 4.74 Å². The van der Waals surface area contributed by atoms with Gasteiger partial charge in [-0.3, -0.25) is 5.43 Å². The van der Waals surface area contributed by atoms with Crippen molar-refractivity contribution in [2.24, 2.45) is 0 Å². The van der Waals surface area contributed by atoms with Gasteiger partial charge >= 0.3 is 0 Å². The van der Waals surface area contributed by atoms with E-state index in [1.807, 2.05) is 7.05 Å². The topological polar surface area (TPSA) is 24.5 Å². The van der Waals surface area contributed by atoms with E-state index in [0.717, 1.165) is 13.2 Å². The van der Waals surface area contributed by atoms with E-state index < -0.39 is 0 Å². The Morgan fingerprint density at radius 1 is 1.07 bits per heavy atom. The van der Waals surface area contributed by atoms with Crippen molar-refractivity contribution in [1.82, 2.24) is 10.4 Å². The Kier molecular flexibility index (Phi) is 5.06. The van der Waals surface area contributed by atoms with Crippen LogP contribution in [0.2, 0.25) is 0 Å². The summed E-state index contributed by atoms with van der Waals surface area (Å²) in [6.45, 7) is 14.4. The van der Waals surface area contributed by atoms with Crippen LogP contribution in [0.25, 0.3) is 0 Å². The predicted molar refractivity (Wildman–Crippen MR) is 61.2 cm³/mol. The van der Waals surface area contributed by atoms with E-state index >= 15 is 0 Å². The van der Waals surface area contributed by atoms with Gasteiger partial charge in [-0.15, -0.1) is 0 Å². The SMILES string of the molecule is CNN(CCOC(C)(C)C)C(C)(C)C. The maximum Gasteiger partial charge on any atom is 0.0614 e. The molecule has 0 atom stereocenters. The van der Waals surface area contributed by atoms with Gasteiger partial charge in [0, 0.05) is 12.1 Å². The normalized spacial score (nSPS) is 13.7. The summed E-state index contributed by atoms with van der Waals surface area (Å²) in [7, 11) is 1.95. The third-order valence-electron chi connectivity index (χ3n) is 1.93. The fourth-order valence-corrected chi connectivity index (χ4v) is 1.23. The van der Waals surface area contributed by atoms with E-state index in [9.17, 15) is 0 Å². The van der Waals surface area contributed by atoms with E-state index in [1.54, 1.807) is 0 Å². The van der Waals surface area contributed by atoms with Gasteiger partial charge in [-0.05, 0) is 48.6 Å². The Hall–Kier alpha value is -0.120. The molecule has 0 aliphatic rings. The largest absolute Gasteiger partial charge is 0.374 e. The van der Waals surface area contributed by atoms with Crippen molar-refractivity contribution >= 4 is 0 Å². The van der Waals surface area contributed by atoms with Gasteiger partial charge in [-0.2, -0.15) is 0 Å². The molecule has 0 aromatic rings. The molecule has 3 heteroatoms. The number of hydrogen-bond acceptors (Lipinski definition) is 3. The maximum atomic E-state index is 5.68. The fraction of sp³-hybridized carbons (Fsp3) is 1.00. The molecule has 0 bridgehead atoms. The molecular formula is C11H26N2O. The van der Waals surface area contributed by atoms with E-state index in [-0.39, 0.29) is 11.1 Å². The average molecular weight is 202 g/mol. The van der Waals surface area contributed by atoms with E-state index in [2.05, 4.69) is 52.0 Å². The van der Waals surface area contributed by atoms with Crippen LogP contribution in [-0.2, 0) is 4.74 Å². The van der Waals surface area contributed by atoms with Crippen LogP contribution < -0.4 is 5.43 Å². The third kappa shape index (κ3) is 6.35. The molecule has 0 aliphatic carbocycles. The maximum absolute atomic E-state index is 5.68. The second kappa shape index (κ2) is 5.10. The number of hydrogen-bond donors (Lipinski definition) is 1. The first kappa shape index (κ1) is 13.9.